The van der Waals surface area contributed by atoms with E-state index in [4.69, 9.17) is 0 Å². The molecule has 1 amide bonds. The number of aromatic nitrogens is 1. The van der Waals surface area contributed by atoms with Crippen molar-refractivity contribution >= 4 is 17.3 Å². The molecule has 0 unspecified atom stereocenters. The van der Waals surface area contributed by atoms with Gasteiger partial charge in [0.2, 0.25) is 0 Å². The molecule has 6 heteroatoms. The van der Waals surface area contributed by atoms with Gasteiger partial charge in [-0.15, -0.1) is 0 Å². The maximum atomic E-state index is 13.6. The van der Waals surface area contributed by atoms with Gasteiger partial charge in [-0.2, -0.15) is 0 Å². The summed E-state index contributed by atoms with van der Waals surface area (Å²) in [5.41, 5.74) is 1.57. The summed E-state index contributed by atoms with van der Waals surface area (Å²) >= 11 is 0. The van der Waals surface area contributed by atoms with Gasteiger partial charge in [0.15, 0.2) is 0 Å². The topological polar surface area (TPSA) is 54.0 Å². The van der Waals surface area contributed by atoms with Gasteiger partial charge in [-0.05, 0) is 36.2 Å². The number of hydrogen-bond acceptors (Lipinski definition) is 3. The zero-order chi connectivity index (χ0) is 18.4. The van der Waals surface area contributed by atoms with Gasteiger partial charge >= 0.3 is 0 Å². The van der Waals surface area contributed by atoms with E-state index in [9.17, 15) is 13.6 Å². The van der Waals surface area contributed by atoms with Crippen LogP contribution in [-0.2, 0) is 6.42 Å². The molecule has 0 radical (unpaired) electrons. The van der Waals surface area contributed by atoms with Gasteiger partial charge < -0.3 is 10.6 Å². The number of benzene rings is 2. The van der Waals surface area contributed by atoms with Crippen LogP contribution in [0, 0.1) is 11.6 Å². The number of para-hydroxylation sites is 1. The van der Waals surface area contributed by atoms with Crippen LogP contribution in [-0.4, -0.2) is 17.4 Å². The molecule has 3 aromatic rings. The Labute approximate surface area is 149 Å². The second-order valence-electron chi connectivity index (χ2n) is 5.65. The molecule has 0 atom stereocenters. The fraction of sp³-hybridized carbons (Fsp3) is 0.100. The van der Waals surface area contributed by atoms with E-state index in [0.717, 1.165) is 30.8 Å². The average molecular weight is 353 g/mol. The van der Waals surface area contributed by atoms with Crippen LogP contribution >= 0.6 is 0 Å². The highest BCUT2D eigenvalue weighted by molar-refractivity contribution is 6.03. The first-order chi connectivity index (χ1) is 12.6. The monoisotopic (exact) mass is 353 g/mol. The minimum absolute atomic E-state index is 0.0706. The summed E-state index contributed by atoms with van der Waals surface area (Å²) in [6.07, 6.45) is 2.37. The summed E-state index contributed by atoms with van der Waals surface area (Å²) < 4.78 is 27.2. The quantitative estimate of drug-likeness (QED) is 0.696. The Bertz CT molecular complexity index is 863. The fourth-order valence-electron chi connectivity index (χ4n) is 2.42. The smallest absolute Gasteiger partial charge is 0.274 e. The van der Waals surface area contributed by atoms with Gasteiger partial charge in [-0.25, -0.2) is 13.8 Å². The number of anilines is 2. The van der Waals surface area contributed by atoms with Crippen molar-refractivity contribution in [3.63, 3.8) is 0 Å². The summed E-state index contributed by atoms with van der Waals surface area (Å²) in [5.74, 6) is -2.35. The number of pyridine rings is 1. The SMILES string of the molecule is O=C(Nc1c(F)cccc1F)c1ccc(NCCc2ccccc2)cn1. The molecular formula is C20H17F2N3O. The Kier molecular flexibility index (Phi) is 5.53. The number of nitrogens with zero attached hydrogens (tertiary/aromatic N) is 1. The highest BCUT2D eigenvalue weighted by atomic mass is 19.1. The Morgan fingerprint density at radius 1 is 0.923 bits per heavy atom. The molecule has 2 N–H and O–H groups in total. The second-order valence-corrected chi connectivity index (χ2v) is 5.65. The summed E-state index contributed by atoms with van der Waals surface area (Å²) in [6.45, 7) is 0.720. The molecule has 0 saturated heterocycles. The predicted molar refractivity (Wildman–Crippen MR) is 97.2 cm³/mol. The lowest BCUT2D eigenvalue weighted by molar-refractivity contribution is 0.102. The van der Waals surface area contributed by atoms with Gasteiger partial charge in [0.1, 0.15) is 23.0 Å². The molecule has 1 aromatic heterocycles. The Morgan fingerprint density at radius 2 is 1.65 bits per heavy atom. The number of carbonyl (C=O) groups excluding carboxylic acids is 1. The van der Waals surface area contributed by atoms with Crippen molar-refractivity contribution in [2.24, 2.45) is 0 Å². The summed E-state index contributed by atoms with van der Waals surface area (Å²) in [7, 11) is 0. The number of nitrogens with one attached hydrogen (secondary N) is 2. The molecule has 132 valence electrons. The van der Waals surface area contributed by atoms with E-state index in [2.05, 4.69) is 27.8 Å². The fourth-order valence-corrected chi connectivity index (χ4v) is 2.42. The van der Waals surface area contributed by atoms with Gasteiger partial charge in [0.25, 0.3) is 5.91 Å². The molecule has 3 rings (SSSR count). The maximum Gasteiger partial charge on any atom is 0.274 e. The number of carbonyl (C=O) groups is 1. The minimum Gasteiger partial charge on any atom is -0.383 e. The Morgan fingerprint density at radius 3 is 2.31 bits per heavy atom. The maximum absolute atomic E-state index is 13.6. The zero-order valence-corrected chi connectivity index (χ0v) is 13.9. The first-order valence-corrected chi connectivity index (χ1v) is 8.13. The van der Waals surface area contributed by atoms with Crippen LogP contribution in [0.4, 0.5) is 20.2 Å². The van der Waals surface area contributed by atoms with Crippen molar-refractivity contribution in [1.82, 2.24) is 4.98 Å². The van der Waals surface area contributed by atoms with Crippen molar-refractivity contribution in [2.45, 2.75) is 6.42 Å². The Balaban J connectivity index is 1.57. The third kappa shape index (κ3) is 4.42. The number of halogens is 2. The van der Waals surface area contributed by atoms with Crippen molar-refractivity contribution in [2.75, 3.05) is 17.2 Å². The zero-order valence-electron chi connectivity index (χ0n) is 13.9. The molecule has 0 aliphatic heterocycles. The van der Waals surface area contributed by atoms with Crippen LogP contribution in [0.15, 0.2) is 66.9 Å². The first-order valence-electron chi connectivity index (χ1n) is 8.13. The van der Waals surface area contributed by atoms with Crippen molar-refractivity contribution in [3.8, 4) is 0 Å². The lowest BCUT2D eigenvalue weighted by Gasteiger charge is -2.09. The van der Waals surface area contributed by atoms with Crippen molar-refractivity contribution in [1.29, 1.82) is 0 Å². The molecule has 2 aromatic carbocycles. The minimum atomic E-state index is -0.836. The highest BCUT2D eigenvalue weighted by Gasteiger charge is 2.14. The summed E-state index contributed by atoms with van der Waals surface area (Å²) in [6, 6.07) is 16.6. The number of amides is 1. The molecule has 0 saturated carbocycles. The number of hydrogen-bond donors (Lipinski definition) is 2. The van der Waals surface area contributed by atoms with E-state index in [1.807, 2.05) is 18.2 Å². The molecular weight excluding hydrogens is 336 g/mol. The van der Waals surface area contributed by atoms with E-state index in [1.54, 1.807) is 6.07 Å². The molecule has 0 spiro atoms. The van der Waals surface area contributed by atoms with Gasteiger partial charge in [0, 0.05) is 6.54 Å². The van der Waals surface area contributed by atoms with Crippen LogP contribution in [0.1, 0.15) is 16.1 Å². The standard InChI is InChI=1S/C20H17F2N3O/c21-16-7-4-8-17(22)19(16)25-20(26)18-10-9-15(13-24-18)23-12-11-14-5-2-1-3-6-14/h1-10,13,23H,11-12H2,(H,25,26). The van der Waals surface area contributed by atoms with Crippen LogP contribution < -0.4 is 10.6 Å². The second kappa shape index (κ2) is 8.20. The van der Waals surface area contributed by atoms with Crippen molar-refractivity contribution in [3.05, 3.63) is 89.8 Å². The van der Waals surface area contributed by atoms with Crippen LogP contribution in [0.5, 0.6) is 0 Å². The van der Waals surface area contributed by atoms with Gasteiger partial charge in [0.05, 0.1) is 11.9 Å². The van der Waals surface area contributed by atoms with Crippen LogP contribution in [0.3, 0.4) is 0 Å². The van der Waals surface area contributed by atoms with Crippen LogP contribution in [0.2, 0.25) is 0 Å². The largest absolute Gasteiger partial charge is 0.383 e. The van der Waals surface area contributed by atoms with E-state index in [-0.39, 0.29) is 5.69 Å². The molecule has 0 aliphatic carbocycles. The molecule has 0 bridgehead atoms. The first kappa shape index (κ1) is 17.5. The van der Waals surface area contributed by atoms with Gasteiger partial charge in [-0.3, -0.25) is 4.79 Å². The van der Waals surface area contributed by atoms with E-state index >= 15 is 0 Å². The highest BCUT2D eigenvalue weighted by Crippen LogP contribution is 2.19. The van der Waals surface area contributed by atoms with E-state index in [0.29, 0.717) is 0 Å². The lowest BCUT2D eigenvalue weighted by atomic mass is 10.1. The van der Waals surface area contributed by atoms with E-state index in [1.165, 1.54) is 23.9 Å². The third-order valence-corrected chi connectivity index (χ3v) is 3.78. The third-order valence-electron chi connectivity index (χ3n) is 3.78. The summed E-state index contributed by atoms with van der Waals surface area (Å²) in [4.78, 5) is 16.1. The Hall–Kier alpha value is -3.28. The lowest BCUT2D eigenvalue weighted by Crippen LogP contribution is -2.16. The van der Waals surface area contributed by atoms with Gasteiger partial charge in [-0.1, -0.05) is 36.4 Å². The molecule has 26 heavy (non-hydrogen) atoms. The normalized spacial score (nSPS) is 10.4. The van der Waals surface area contributed by atoms with Crippen molar-refractivity contribution < 1.29 is 13.6 Å². The predicted octanol–water partition coefficient (Wildman–Crippen LogP) is 4.27. The average Bonchev–Trinajstić information content (AvgIpc) is 2.66. The molecule has 0 aliphatic rings. The molecule has 0 fully saturated rings. The molecule has 1 heterocycles. The summed E-state index contributed by atoms with van der Waals surface area (Å²) in [5, 5.41) is 5.42. The van der Waals surface area contributed by atoms with E-state index < -0.39 is 23.2 Å². The van der Waals surface area contributed by atoms with Crippen LogP contribution in [0.25, 0.3) is 0 Å². The molecule has 4 nitrogen and oxygen atoms in total. The number of rotatable bonds is 6.